The third kappa shape index (κ3) is 3.21. The van der Waals surface area contributed by atoms with E-state index in [-0.39, 0.29) is 0 Å². The first-order valence-electron chi connectivity index (χ1n) is 11.1. The molecule has 6 rings (SSSR count). The molecule has 0 aromatic carbocycles. The van der Waals surface area contributed by atoms with Gasteiger partial charge in [-0.05, 0) is 112 Å². The highest BCUT2D eigenvalue weighted by atomic mass is 16.1. The summed E-state index contributed by atoms with van der Waals surface area (Å²) in [6.07, 6.45) is 15.9. The summed E-state index contributed by atoms with van der Waals surface area (Å²) >= 11 is 0. The van der Waals surface area contributed by atoms with Gasteiger partial charge in [-0.3, -0.25) is 4.79 Å². The van der Waals surface area contributed by atoms with Gasteiger partial charge in [0.05, 0.1) is 0 Å². The molecule has 0 aromatic rings. The zero-order valence-electron chi connectivity index (χ0n) is 16.0. The lowest BCUT2D eigenvalue weighted by Crippen LogP contribution is -2.39. The molecule has 0 aliphatic heterocycles. The van der Waals surface area contributed by atoms with Crippen LogP contribution in [0.3, 0.4) is 0 Å². The summed E-state index contributed by atoms with van der Waals surface area (Å²) in [6.45, 7) is 4.96. The van der Waals surface area contributed by atoms with Crippen LogP contribution in [-0.2, 0) is 4.79 Å². The molecule has 24 heavy (non-hydrogen) atoms. The molecule has 0 spiro atoms. The Bertz CT molecular complexity index is 395. The maximum Gasteiger partial charge on any atom is 0.132 e. The largest absolute Gasteiger partial charge is 0.300 e. The average molecular weight is 331 g/mol. The molecule has 0 N–H and O–H groups in total. The lowest BCUT2D eigenvalue weighted by molar-refractivity contribution is -0.120. The maximum atomic E-state index is 12.6. The number of fused-ring (bicyclic) bond motifs is 6. The second kappa shape index (κ2) is 7.12. The van der Waals surface area contributed by atoms with Crippen LogP contribution in [-0.4, -0.2) is 5.78 Å². The van der Waals surface area contributed by atoms with E-state index in [2.05, 4.69) is 13.8 Å². The topological polar surface area (TPSA) is 17.1 Å². The van der Waals surface area contributed by atoms with Gasteiger partial charge in [0.15, 0.2) is 0 Å². The summed E-state index contributed by atoms with van der Waals surface area (Å²) in [5.74, 6) is 7.95. The Kier molecular flexibility index (Phi) is 5.07. The second-order valence-electron chi connectivity index (χ2n) is 10.0. The van der Waals surface area contributed by atoms with Crippen LogP contribution in [0.1, 0.15) is 90.9 Å². The molecule has 0 aromatic heterocycles. The minimum Gasteiger partial charge on any atom is -0.300 e. The Hall–Kier alpha value is -0.330. The Morgan fingerprint density at radius 1 is 0.625 bits per heavy atom. The second-order valence-corrected chi connectivity index (χ2v) is 10.0. The molecule has 4 atom stereocenters. The molecule has 0 radical (unpaired) electrons. The molecule has 6 aliphatic carbocycles. The van der Waals surface area contributed by atoms with Crippen molar-refractivity contribution in [3.8, 4) is 0 Å². The number of Topliss-reactive ketones (excluding diaryl/α,β-unsaturated/α-hetero) is 1. The Morgan fingerprint density at radius 2 is 0.958 bits per heavy atom. The van der Waals surface area contributed by atoms with Crippen molar-refractivity contribution in [3.05, 3.63) is 0 Å². The van der Waals surface area contributed by atoms with Crippen molar-refractivity contribution in [2.45, 2.75) is 90.9 Å². The molecular weight excluding hydrogens is 292 g/mol. The first kappa shape index (κ1) is 17.1. The fourth-order valence-corrected chi connectivity index (χ4v) is 7.53. The van der Waals surface area contributed by atoms with E-state index in [0.717, 1.165) is 60.2 Å². The molecule has 6 fully saturated rings. The fraction of sp³-hybridized carbons (Fsp3) is 0.957. The maximum absolute atomic E-state index is 12.6. The molecule has 0 saturated heterocycles. The zero-order chi connectivity index (χ0) is 16.7. The van der Waals surface area contributed by atoms with Crippen molar-refractivity contribution in [1.29, 1.82) is 0 Å². The number of ketones is 1. The van der Waals surface area contributed by atoms with Crippen LogP contribution >= 0.6 is 0 Å². The van der Waals surface area contributed by atoms with Crippen LogP contribution in [0.15, 0.2) is 0 Å². The lowest BCUT2D eigenvalue weighted by Gasteiger charge is -2.48. The number of carbonyl (C=O) groups excluding carboxylic acids is 1. The van der Waals surface area contributed by atoms with Gasteiger partial charge < -0.3 is 0 Å². The fourth-order valence-electron chi connectivity index (χ4n) is 7.53. The van der Waals surface area contributed by atoms with Gasteiger partial charge >= 0.3 is 0 Å². The molecule has 6 aliphatic rings. The van der Waals surface area contributed by atoms with Crippen molar-refractivity contribution < 1.29 is 4.79 Å². The van der Waals surface area contributed by atoms with Gasteiger partial charge in [-0.2, -0.15) is 0 Å². The van der Waals surface area contributed by atoms with Crippen LogP contribution in [0.4, 0.5) is 0 Å². The minimum atomic E-state index is 0.581. The molecule has 1 nitrogen and oxygen atoms in total. The molecule has 4 bridgehead atoms. The summed E-state index contributed by atoms with van der Waals surface area (Å²) in [6, 6.07) is 0. The highest BCUT2D eigenvalue weighted by Gasteiger charge is 2.42. The van der Waals surface area contributed by atoms with Crippen molar-refractivity contribution in [3.63, 3.8) is 0 Å². The molecule has 4 unspecified atom stereocenters. The Balaban J connectivity index is 1.23. The van der Waals surface area contributed by atoms with E-state index in [9.17, 15) is 4.79 Å². The highest BCUT2D eigenvalue weighted by Crippen LogP contribution is 2.51. The normalized spacial score (nSPS) is 47.1. The van der Waals surface area contributed by atoms with Gasteiger partial charge in [0.2, 0.25) is 0 Å². The summed E-state index contributed by atoms with van der Waals surface area (Å²) in [7, 11) is 0. The van der Waals surface area contributed by atoms with Crippen LogP contribution in [0.5, 0.6) is 0 Å². The number of rotatable bonds is 6. The van der Waals surface area contributed by atoms with E-state index in [1.165, 1.54) is 64.2 Å². The summed E-state index contributed by atoms with van der Waals surface area (Å²) in [4.78, 5) is 12.6. The van der Waals surface area contributed by atoms with Gasteiger partial charge in [0, 0.05) is 12.8 Å². The smallest absolute Gasteiger partial charge is 0.132 e. The van der Waals surface area contributed by atoms with Crippen molar-refractivity contribution in [1.82, 2.24) is 0 Å². The predicted octanol–water partition coefficient (Wildman–Crippen LogP) is 6.26. The van der Waals surface area contributed by atoms with Gasteiger partial charge in [0.1, 0.15) is 5.78 Å². The van der Waals surface area contributed by atoms with E-state index < -0.39 is 0 Å². The lowest BCUT2D eigenvalue weighted by atomic mass is 9.57. The molecule has 1 heteroatoms. The van der Waals surface area contributed by atoms with Crippen LogP contribution in [0, 0.1) is 47.3 Å². The Morgan fingerprint density at radius 3 is 1.29 bits per heavy atom. The first-order chi connectivity index (χ1) is 11.6. The molecule has 6 saturated carbocycles. The summed E-state index contributed by atoms with van der Waals surface area (Å²) < 4.78 is 0. The van der Waals surface area contributed by atoms with E-state index in [4.69, 9.17) is 0 Å². The van der Waals surface area contributed by atoms with Crippen molar-refractivity contribution >= 4 is 5.78 Å². The van der Waals surface area contributed by atoms with E-state index in [1.54, 1.807) is 0 Å². The molecule has 136 valence electrons. The van der Waals surface area contributed by atoms with Gasteiger partial charge in [-0.15, -0.1) is 0 Å². The van der Waals surface area contributed by atoms with Crippen LogP contribution in [0.25, 0.3) is 0 Å². The van der Waals surface area contributed by atoms with Crippen LogP contribution in [0.2, 0.25) is 0 Å². The number of carbonyl (C=O) groups is 1. The predicted molar refractivity (Wildman–Crippen MR) is 99.7 cm³/mol. The third-order valence-corrected chi connectivity index (χ3v) is 9.19. The number of hydrogen-bond donors (Lipinski definition) is 0. The SMILES string of the molecule is CC1C2CCC(CC2)C1CCC(=O)CCC1C2CCC(CC2)C1C. The summed E-state index contributed by atoms with van der Waals surface area (Å²) in [5.41, 5.74) is 0. The van der Waals surface area contributed by atoms with E-state index >= 15 is 0 Å². The first-order valence-corrected chi connectivity index (χ1v) is 11.1. The van der Waals surface area contributed by atoms with Gasteiger partial charge in [-0.1, -0.05) is 13.8 Å². The standard InChI is InChI=1S/C23H38O/c1-15-17-3-7-19(8-4-17)22(15)13-11-21(24)12-14-23-16(2)18-5-9-20(23)10-6-18/h15-20,22-23H,3-14H2,1-2H3. The highest BCUT2D eigenvalue weighted by molar-refractivity contribution is 5.78. The Labute approximate surface area is 149 Å². The van der Waals surface area contributed by atoms with Crippen LogP contribution < -0.4 is 0 Å². The quantitative estimate of drug-likeness (QED) is 0.561. The molecule has 0 amide bonds. The number of hydrogen-bond acceptors (Lipinski definition) is 1. The van der Waals surface area contributed by atoms with E-state index in [0.29, 0.717) is 5.78 Å². The average Bonchev–Trinajstić information content (AvgIpc) is 2.62. The van der Waals surface area contributed by atoms with Gasteiger partial charge in [0.25, 0.3) is 0 Å². The molecular formula is C23H38O. The summed E-state index contributed by atoms with van der Waals surface area (Å²) in [5, 5.41) is 0. The van der Waals surface area contributed by atoms with Gasteiger partial charge in [-0.25, -0.2) is 0 Å². The minimum absolute atomic E-state index is 0.581. The third-order valence-electron chi connectivity index (χ3n) is 9.19. The monoisotopic (exact) mass is 330 g/mol. The zero-order valence-corrected chi connectivity index (χ0v) is 16.0. The van der Waals surface area contributed by atoms with E-state index in [1.807, 2.05) is 0 Å². The van der Waals surface area contributed by atoms with Crippen molar-refractivity contribution in [2.24, 2.45) is 47.3 Å². The van der Waals surface area contributed by atoms with Crippen molar-refractivity contribution in [2.75, 3.05) is 0 Å². The molecule has 0 heterocycles.